The van der Waals surface area contributed by atoms with Crippen LogP contribution >= 0.6 is 0 Å². The maximum absolute atomic E-state index is 13.8. The van der Waals surface area contributed by atoms with E-state index < -0.39 is 5.82 Å². The fraction of sp³-hybridized carbons (Fsp3) is 0.538. The van der Waals surface area contributed by atoms with Crippen molar-refractivity contribution in [3.05, 3.63) is 23.6 Å². The standard InChI is InChI=1S/C13H18FN3O/c1-8-4-6-17(9(2)7-8)13(18)10-3-5-16-12(15)11(10)14/h3,5,8-9H,4,6-7H2,1-2H3,(H2,15,16). The van der Waals surface area contributed by atoms with Crippen molar-refractivity contribution in [2.75, 3.05) is 12.3 Å². The molecule has 2 heterocycles. The van der Waals surface area contributed by atoms with Crippen LogP contribution in [-0.4, -0.2) is 28.4 Å². The van der Waals surface area contributed by atoms with E-state index in [2.05, 4.69) is 11.9 Å². The molecule has 1 aliphatic rings. The van der Waals surface area contributed by atoms with Crippen molar-refractivity contribution in [2.24, 2.45) is 5.92 Å². The Morgan fingerprint density at radius 1 is 1.56 bits per heavy atom. The number of piperidine rings is 1. The third-order valence-corrected chi connectivity index (χ3v) is 3.55. The van der Waals surface area contributed by atoms with Gasteiger partial charge in [-0.15, -0.1) is 0 Å². The minimum absolute atomic E-state index is 0.0175. The molecule has 0 saturated carbocycles. The van der Waals surface area contributed by atoms with Gasteiger partial charge in [-0.05, 0) is 31.7 Å². The largest absolute Gasteiger partial charge is 0.381 e. The van der Waals surface area contributed by atoms with E-state index in [1.165, 1.54) is 12.3 Å². The van der Waals surface area contributed by atoms with Gasteiger partial charge in [0, 0.05) is 18.8 Å². The maximum Gasteiger partial charge on any atom is 0.257 e. The van der Waals surface area contributed by atoms with Crippen LogP contribution in [0.4, 0.5) is 10.2 Å². The average Bonchev–Trinajstić information content (AvgIpc) is 2.32. The molecule has 5 heteroatoms. The van der Waals surface area contributed by atoms with Gasteiger partial charge in [0.15, 0.2) is 11.6 Å². The summed E-state index contributed by atoms with van der Waals surface area (Å²) in [5.41, 5.74) is 5.41. The number of pyridine rings is 1. The number of carbonyl (C=O) groups is 1. The van der Waals surface area contributed by atoms with Crippen molar-refractivity contribution < 1.29 is 9.18 Å². The van der Waals surface area contributed by atoms with Crippen LogP contribution in [0.25, 0.3) is 0 Å². The number of carbonyl (C=O) groups excluding carboxylic acids is 1. The molecular weight excluding hydrogens is 233 g/mol. The van der Waals surface area contributed by atoms with Crippen LogP contribution in [0.2, 0.25) is 0 Å². The second kappa shape index (κ2) is 4.92. The van der Waals surface area contributed by atoms with Crippen LogP contribution in [0.5, 0.6) is 0 Å². The number of rotatable bonds is 1. The zero-order valence-electron chi connectivity index (χ0n) is 10.7. The summed E-state index contributed by atoms with van der Waals surface area (Å²) in [5, 5.41) is 0. The molecule has 0 spiro atoms. The molecule has 1 saturated heterocycles. The Morgan fingerprint density at radius 2 is 2.28 bits per heavy atom. The number of nitrogens with zero attached hydrogens (tertiary/aromatic N) is 2. The van der Waals surface area contributed by atoms with E-state index >= 15 is 0 Å². The fourth-order valence-corrected chi connectivity index (χ4v) is 2.49. The smallest absolute Gasteiger partial charge is 0.257 e. The fourth-order valence-electron chi connectivity index (χ4n) is 2.49. The second-order valence-corrected chi connectivity index (χ2v) is 5.03. The summed E-state index contributed by atoms with van der Waals surface area (Å²) in [6, 6.07) is 1.52. The van der Waals surface area contributed by atoms with Gasteiger partial charge in [0.2, 0.25) is 0 Å². The molecule has 0 radical (unpaired) electrons. The predicted molar refractivity (Wildman–Crippen MR) is 67.5 cm³/mol. The van der Waals surface area contributed by atoms with Crippen LogP contribution in [0.1, 0.15) is 37.0 Å². The Labute approximate surface area is 106 Å². The number of amides is 1. The first-order valence-electron chi connectivity index (χ1n) is 6.21. The molecule has 0 aromatic carbocycles. The van der Waals surface area contributed by atoms with Gasteiger partial charge in [0.25, 0.3) is 5.91 Å². The van der Waals surface area contributed by atoms with Crippen molar-refractivity contribution in [1.29, 1.82) is 0 Å². The number of anilines is 1. The quantitative estimate of drug-likeness (QED) is 0.831. The minimum Gasteiger partial charge on any atom is -0.381 e. The Bertz CT molecular complexity index is 464. The summed E-state index contributed by atoms with van der Waals surface area (Å²) in [6.45, 7) is 4.84. The van der Waals surface area contributed by atoms with E-state index in [9.17, 15) is 9.18 Å². The van der Waals surface area contributed by atoms with Crippen LogP contribution in [0.3, 0.4) is 0 Å². The lowest BCUT2D eigenvalue weighted by Crippen LogP contribution is -2.44. The van der Waals surface area contributed by atoms with E-state index in [1.807, 2.05) is 6.92 Å². The lowest BCUT2D eigenvalue weighted by molar-refractivity contribution is 0.0584. The lowest BCUT2D eigenvalue weighted by atomic mass is 9.93. The molecule has 18 heavy (non-hydrogen) atoms. The SMILES string of the molecule is CC1CCN(C(=O)c2ccnc(N)c2F)C(C)C1. The predicted octanol–water partition coefficient (Wildman–Crippen LogP) is 2.06. The summed E-state index contributed by atoms with van der Waals surface area (Å²) < 4.78 is 13.8. The van der Waals surface area contributed by atoms with E-state index in [1.54, 1.807) is 4.90 Å². The molecule has 1 aromatic heterocycles. The van der Waals surface area contributed by atoms with E-state index in [-0.39, 0.29) is 23.3 Å². The average molecular weight is 251 g/mol. The first-order chi connectivity index (χ1) is 8.50. The summed E-state index contributed by atoms with van der Waals surface area (Å²) in [7, 11) is 0. The molecule has 2 atom stereocenters. The number of hydrogen-bond acceptors (Lipinski definition) is 3. The van der Waals surface area contributed by atoms with Gasteiger partial charge < -0.3 is 10.6 Å². The Hall–Kier alpha value is -1.65. The molecule has 2 rings (SSSR count). The molecule has 98 valence electrons. The van der Waals surface area contributed by atoms with Gasteiger partial charge in [-0.2, -0.15) is 0 Å². The highest BCUT2D eigenvalue weighted by Crippen LogP contribution is 2.25. The number of hydrogen-bond donors (Lipinski definition) is 1. The highest BCUT2D eigenvalue weighted by atomic mass is 19.1. The van der Waals surface area contributed by atoms with E-state index in [0.29, 0.717) is 12.5 Å². The Kier molecular flexibility index (Phi) is 3.50. The number of aromatic nitrogens is 1. The van der Waals surface area contributed by atoms with E-state index in [4.69, 9.17) is 5.73 Å². The van der Waals surface area contributed by atoms with Gasteiger partial charge in [-0.1, -0.05) is 6.92 Å². The monoisotopic (exact) mass is 251 g/mol. The van der Waals surface area contributed by atoms with Crippen LogP contribution in [-0.2, 0) is 0 Å². The molecule has 0 bridgehead atoms. The second-order valence-electron chi connectivity index (χ2n) is 5.03. The third kappa shape index (κ3) is 2.30. The molecule has 1 amide bonds. The molecular formula is C13H18FN3O. The topological polar surface area (TPSA) is 59.2 Å². The molecule has 1 aliphatic heterocycles. The van der Waals surface area contributed by atoms with E-state index in [0.717, 1.165) is 12.8 Å². The molecule has 2 N–H and O–H groups in total. The van der Waals surface area contributed by atoms with Crippen molar-refractivity contribution in [1.82, 2.24) is 9.88 Å². The third-order valence-electron chi connectivity index (χ3n) is 3.55. The van der Waals surface area contributed by atoms with Gasteiger partial charge >= 0.3 is 0 Å². The zero-order chi connectivity index (χ0) is 13.3. The van der Waals surface area contributed by atoms with Crippen LogP contribution < -0.4 is 5.73 Å². The minimum atomic E-state index is -0.715. The molecule has 4 nitrogen and oxygen atoms in total. The molecule has 0 aliphatic carbocycles. The maximum atomic E-state index is 13.8. The van der Waals surface area contributed by atoms with Gasteiger partial charge in [-0.25, -0.2) is 9.37 Å². The van der Waals surface area contributed by atoms with Crippen LogP contribution in [0.15, 0.2) is 12.3 Å². The first kappa shape index (κ1) is 12.8. The molecule has 2 unspecified atom stereocenters. The number of nitrogen functional groups attached to an aromatic ring is 1. The lowest BCUT2D eigenvalue weighted by Gasteiger charge is -2.36. The van der Waals surface area contributed by atoms with Gasteiger partial charge in [0.1, 0.15) is 0 Å². The highest BCUT2D eigenvalue weighted by Gasteiger charge is 2.29. The number of nitrogens with two attached hydrogens (primary N) is 1. The molecule has 1 aromatic rings. The summed E-state index contributed by atoms with van der Waals surface area (Å²) >= 11 is 0. The zero-order valence-corrected chi connectivity index (χ0v) is 10.7. The normalized spacial score (nSPS) is 24.1. The Balaban J connectivity index is 2.23. The first-order valence-corrected chi connectivity index (χ1v) is 6.21. The van der Waals surface area contributed by atoms with Crippen molar-refractivity contribution in [3.8, 4) is 0 Å². The Morgan fingerprint density at radius 3 is 2.94 bits per heavy atom. The van der Waals surface area contributed by atoms with Gasteiger partial charge in [-0.3, -0.25) is 4.79 Å². The van der Waals surface area contributed by atoms with Crippen molar-refractivity contribution in [2.45, 2.75) is 32.7 Å². The van der Waals surface area contributed by atoms with Crippen molar-refractivity contribution >= 4 is 11.7 Å². The summed E-state index contributed by atoms with van der Waals surface area (Å²) in [6.07, 6.45) is 3.27. The van der Waals surface area contributed by atoms with Gasteiger partial charge in [0.05, 0.1) is 5.56 Å². The van der Waals surface area contributed by atoms with Crippen LogP contribution in [0, 0.1) is 11.7 Å². The number of likely N-dealkylation sites (tertiary alicyclic amines) is 1. The molecule has 1 fully saturated rings. The van der Waals surface area contributed by atoms with Crippen molar-refractivity contribution in [3.63, 3.8) is 0 Å². The summed E-state index contributed by atoms with van der Waals surface area (Å²) in [5.74, 6) is -0.621. The highest BCUT2D eigenvalue weighted by molar-refractivity contribution is 5.95. The number of halogens is 1. The summed E-state index contributed by atoms with van der Waals surface area (Å²) in [4.78, 5) is 17.6.